The van der Waals surface area contributed by atoms with Gasteiger partial charge >= 0.3 is 0 Å². The number of phenolic OH excluding ortho intramolecular Hbond substituents is 1. The van der Waals surface area contributed by atoms with Gasteiger partial charge in [-0.2, -0.15) is 0 Å². The predicted octanol–water partition coefficient (Wildman–Crippen LogP) is 2.03. The number of phenols is 1. The number of benzene rings is 1. The van der Waals surface area contributed by atoms with Crippen LogP contribution in [0.4, 0.5) is 17.2 Å². The molecule has 7 heteroatoms. The summed E-state index contributed by atoms with van der Waals surface area (Å²) in [5.74, 6) is 1.32. The molecule has 0 spiro atoms. The van der Waals surface area contributed by atoms with Gasteiger partial charge in [0.15, 0.2) is 5.82 Å². The smallest absolute Gasteiger partial charge is 0.247 e. The number of pyridine rings is 1. The molecule has 2 fully saturated rings. The van der Waals surface area contributed by atoms with E-state index in [4.69, 9.17) is 0 Å². The van der Waals surface area contributed by atoms with E-state index in [1.807, 2.05) is 18.3 Å². The fourth-order valence-electron chi connectivity index (χ4n) is 4.50. The topological polar surface area (TPSA) is 71.9 Å². The average molecular weight is 379 g/mol. The summed E-state index contributed by atoms with van der Waals surface area (Å²) >= 11 is 0. The first-order valence-electron chi connectivity index (χ1n) is 10.0. The molecule has 2 N–H and O–H groups in total. The number of anilines is 3. The number of hydrogen-bond donors (Lipinski definition) is 2. The van der Waals surface area contributed by atoms with Crippen molar-refractivity contribution in [3.05, 3.63) is 42.1 Å². The lowest BCUT2D eigenvalue weighted by atomic mass is 10.1. The largest absolute Gasteiger partial charge is 0.508 e. The van der Waals surface area contributed by atoms with Crippen LogP contribution in [0.25, 0.3) is 0 Å². The second-order valence-corrected chi connectivity index (χ2v) is 7.83. The van der Waals surface area contributed by atoms with Gasteiger partial charge in [-0.05, 0) is 48.7 Å². The molecule has 5 rings (SSSR count). The molecular formula is C21H25N5O2. The quantitative estimate of drug-likeness (QED) is 0.850. The molecule has 7 nitrogen and oxygen atoms in total. The molecule has 2 saturated heterocycles. The summed E-state index contributed by atoms with van der Waals surface area (Å²) in [6, 6.07) is 9.44. The van der Waals surface area contributed by atoms with Gasteiger partial charge in [0.2, 0.25) is 5.91 Å². The number of amides is 1. The fourth-order valence-corrected chi connectivity index (χ4v) is 4.50. The number of piperazine rings is 1. The Morgan fingerprint density at radius 3 is 2.68 bits per heavy atom. The second kappa shape index (κ2) is 6.98. The zero-order chi connectivity index (χ0) is 19.1. The standard InChI is InChI=1S/C21H25N5O2/c27-17-5-3-16(4-6-17)25-10-8-24(9-11-25)14-15-12-18-20(22-13-15)26-7-1-2-19(26)21(28)23-18/h3-6,12-13,19,27H,1-2,7-11,14H2,(H,23,28). The van der Waals surface area contributed by atoms with Crippen molar-refractivity contribution in [1.82, 2.24) is 9.88 Å². The predicted molar refractivity (Wildman–Crippen MR) is 109 cm³/mol. The Hall–Kier alpha value is -2.80. The van der Waals surface area contributed by atoms with Crippen LogP contribution in [0.3, 0.4) is 0 Å². The van der Waals surface area contributed by atoms with E-state index in [1.165, 1.54) is 0 Å². The Kier molecular flexibility index (Phi) is 4.31. The molecule has 3 aliphatic heterocycles. The van der Waals surface area contributed by atoms with Crippen LogP contribution in [0.15, 0.2) is 36.5 Å². The van der Waals surface area contributed by atoms with Gasteiger partial charge in [0.05, 0.1) is 5.69 Å². The third-order valence-electron chi connectivity index (χ3n) is 6.00. The van der Waals surface area contributed by atoms with Crippen LogP contribution in [0.1, 0.15) is 18.4 Å². The van der Waals surface area contributed by atoms with E-state index >= 15 is 0 Å². The maximum Gasteiger partial charge on any atom is 0.247 e. The molecule has 28 heavy (non-hydrogen) atoms. The van der Waals surface area contributed by atoms with Gasteiger partial charge < -0.3 is 20.2 Å². The highest BCUT2D eigenvalue weighted by molar-refractivity contribution is 6.03. The Morgan fingerprint density at radius 2 is 1.89 bits per heavy atom. The van der Waals surface area contributed by atoms with Crippen LogP contribution in [0.2, 0.25) is 0 Å². The van der Waals surface area contributed by atoms with Crippen LogP contribution >= 0.6 is 0 Å². The number of hydrogen-bond acceptors (Lipinski definition) is 6. The van der Waals surface area contributed by atoms with E-state index in [2.05, 4.69) is 31.1 Å². The van der Waals surface area contributed by atoms with Gasteiger partial charge in [-0.25, -0.2) is 4.98 Å². The maximum atomic E-state index is 12.3. The molecule has 0 radical (unpaired) electrons. The molecule has 1 aromatic heterocycles. The van der Waals surface area contributed by atoms with Crippen molar-refractivity contribution in [2.24, 2.45) is 0 Å². The number of rotatable bonds is 3. The number of nitrogens with one attached hydrogen (secondary N) is 1. The van der Waals surface area contributed by atoms with Crippen LogP contribution in [0, 0.1) is 0 Å². The summed E-state index contributed by atoms with van der Waals surface area (Å²) in [5, 5.41) is 12.5. The van der Waals surface area contributed by atoms with Crippen LogP contribution < -0.4 is 15.1 Å². The van der Waals surface area contributed by atoms with Crippen LogP contribution in [-0.4, -0.2) is 59.7 Å². The van der Waals surface area contributed by atoms with Gasteiger partial charge in [0.1, 0.15) is 11.8 Å². The third-order valence-corrected chi connectivity index (χ3v) is 6.00. The molecule has 2 aromatic rings. The lowest BCUT2D eigenvalue weighted by Crippen LogP contribution is -2.46. The number of nitrogens with zero attached hydrogens (tertiary/aromatic N) is 4. The number of aromatic hydroxyl groups is 1. The van der Waals surface area contributed by atoms with Crippen molar-refractivity contribution < 1.29 is 9.90 Å². The highest BCUT2D eigenvalue weighted by Crippen LogP contribution is 2.35. The zero-order valence-corrected chi connectivity index (χ0v) is 15.8. The van der Waals surface area contributed by atoms with E-state index < -0.39 is 0 Å². The zero-order valence-electron chi connectivity index (χ0n) is 15.8. The monoisotopic (exact) mass is 379 g/mol. The Balaban J connectivity index is 1.23. The molecule has 0 saturated carbocycles. The summed E-state index contributed by atoms with van der Waals surface area (Å²) in [7, 11) is 0. The minimum absolute atomic E-state index is 0.0428. The lowest BCUT2D eigenvalue weighted by molar-refractivity contribution is -0.117. The normalized spacial score (nSPS) is 22.0. The summed E-state index contributed by atoms with van der Waals surface area (Å²) in [5.41, 5.74) is 3.13. The molecule has 4 heterocycles. The van der Waals surface area contributed by atoms with E-state index in [9.17, 15) is 9.90 Å². The molecule has 0 aliphatic carbocycles. The van der Waals surface area contributed by atoms with E-state index in [0.717, 1.165) is 74.9 Å². The first-order valence-corrected chi connectivity index (χ1v) is 10.0. The molecule has 0 bridgehead atoms. The van der Waals surface area contributed by atoms with Crippen molar-refractivity contribution in [3.63, 3.8) is 0 Å². The number of carbonyl (C=O) groups is 1. The maximum absolute atomic E-state index is 12.3. The van der Waals surface area contributed by atoms with Gasteiger partial charge in [-0.1, -0.05) is 0 Å². The molecule has 3 aliphatic rings. The highest BCUT2D eigenvalue weighted by atomic mass is 16.3. The third kappa shape index (κ3) is 3.16. The number of carbonyl (C=O) groups excluding carboxylic acids is 1. The van der Waals surface area contributed by atoms with Crippen molar-refractivity contribution >= 4 is 23.1 Å². The summed E-state index contributed by atoms with van der Waals surface area (Å²) < 4.78 is 0. The minimum Gasteiger partial charge on any atom is -0.508 e. The first-order chi connectivity index (χ1) is 13.7. The van der Waals surface area contributed by atoms with Crippen molar-refractivity contribution in [1.29, 1.82) is 0 Å². The SMILES string of the molecule is O=C1Nc2cc(CN3CCN(c4ccc(O)cc4)CC3)cnc2N2CCCC12. The molecule has 146 valence electrons. The van der Waals surface area contributed by atoms with Crippen molar-refractivity contribution in [2.45, 2.75) is 25.4 Å². The first kappa shape index (κ1) is 17.3. The van der Waals surface area contributed by atoms with Crippen LogP contribution in [-0.2, 0) is 11.3 Å². The fraction of sp³-hybridized carbons (Fsp3) is 0.429. The number of aromatic nitrogens is 1. The molecular weight excluding hydrogens is 354 g/mol. The highest BCUT2D eigenvalue weighted by Gasteiger charge is 2.37. The van der Waals surface area contributed by atoms with Gasteiger partial charge in [0.25, 0.3) is 0 Å². The Labute approximate surface area is 164 Å². The molecule has 1 atom stereocenters. The average Bonchev–Trinajstić information content (AvgIpc) is 3.20. The minimum atomic E-state index is -0.0428. The molecule has 1 unspecified atom stereocenters. The van der Waals surface area contributed by atoms with Crippen LogP contribution in [0.5, 0.6) is 5.75 Å². The Morgan fingerprint density at radius 1 is 1.11 bits per heavy atom. The van der Waals surface area contributed by atoms with E-state index in [1.54, 1.807) is 12.1 Å². The summed E-state index contributed by atoms with van der Waals surface area (Å²) in [4.78, 5) is 23.9. The van der Waals surface area contributed by atoms with Crippen molar-refractivity contribution in [3.8, 4) is 5.75 Å². The summed E-state index contributed by atoms with van der Waals surface area (Å²) in [6.45, 7) is 5.60. The van der Waals surface area contributed by atoms with Crippen molar-refractivity contribution in [2.75, 3.05) is 47.8 Å². The van der Waals surface area contributed by atoms with Gasteiger partial charge in [-0.15, -0.1) is 0 Å². The lowest BCUT2D eigenvalue weighted by Gasteiger charge is -2.36. The van der Waals surface area contributed by atoms with E-state index in [-0.39, 0.29) is 11.9 Å². The van der Waals surface area contributed by atoms with Gasteiger partial charge in [-0.3, -0.25) is 9.69 Å². The molecule has 1 amide bonds. The Bertz CT molecular complexity index is 877. The van der Waals surface area contributed by atoms with Gasteiger partial charge in [0, 0.05) is 51.2 Å². The summed E-state index contributed by atoms with van der Waals surface area (Å²) in [6.07, 6.45) is 3.92. The number of fused-ring (bicyclic) bond motifs is 3. The second-order valence-electron chi connectivity index (χ2n) is 7.83. The van der Waals surface area contributed by atoms with E-state index in [0.29, 0.717) is 5.75 Å². The molecule has 1 aromatic carbocycles.